The molecule has 0 saturated carbocycles. The molecule has 7 heteroatoms. The summed E-state index contributed by atoms with van der Waals surface area (Å²) >= 11 is 0. The van der Waals surface area contributed by atoms with Crippen molar-refractivity contribution in [2.75, 3.05) is 59.7 Å². The number of hydrogen-bond acceptors (Lipinski definition) is 4. The number of nitrogens with one attached hydrogen (secondary N) is 2. The second kappa shape index (κ2) is 14.2. The van der Waals surface area contributed by atoms with Crippen LogP contribution in [0.5, 0.6) is 0 Å². The molecule has 1 heterocycles. The Morgan fingerprint density at radius 3 is 2.52 bits per heavy atom. The van der Waals surface area contributed by atoms with Gasteiger partial charge in [0.15, 0.2) is 5.96 Å². The molecule has 1 atom stereocenters. The van der Waals surface area contributed by atoms with Gasteiger partial charge in [0.05, 0.1) is 13.2 Å². The fraction of sp³-hybridized carbons (Fsp3) is 0.938. The van der Waals surface area contributed by atoms with Crippen molar-refractivity contribution in [2.45, 2.75) is 33.2 Å². The molecule has 0 aromatic heterocycles. The van der Waals surface area contributed by atoms with E-state index in [4.69, 9.17) is 9.47 Å². The van der Waals surface area contributed by atoms with Gasteiger partial charge in [0.2, 0.25) is 0 Å². The smallest absolute Gasteiger partial charge is 0.191 e. The first-order valence-electron chi connectivity index (χ1n) is 8.53. The van der Waals surface area contributed by atoms with Gasteiger partial charge in [-0.05, 0) is 19.3 Å². The van der Waals surface area contributed by atoms with Crippen LogP contribution in [0.25, 0.3) is 0 Å². The number of aliphatic imine (C=N–C) groups is 1. The van der Waals surface area contributed by atoms with Gasteiger partial charge in [-0.3, -0.25) is 9.89 Å². The van der Waals surface area contributed by atoms with Crippen LogP contribution in [-0.2, 0) is 9.47 Å². The maximum absolute atomic E-state index is 5.45. The number of rotatable bonds is 9. The average Bonchev–Trinajstić information content (AvgIpc) is 2.53. The Hall–Kier alpha value is -0.120. The van der Waals surface area contributed by atoms with Crippen molar-refractivity contribution in [1.29, 1.82) is 0 Å². The van der Waals surface area contributed by atoms with Crippen LogP contribution in [0.3, 0.4) is 0 Å². The molecule has 0 radical (unpaired) electrons. The van der Waals surface area contributed by atoms with Gasteiger partial charge in [-0.15, -0.1) is 24.0 Å². The summed E-state index contributed by atoms with van der Waals surface area (Å²) in [6.07, 6.45) is 0.992. The van der Waals surface area contributed by atoms with Crippen molar-refractivity contribution in [3.63, 3.8) is 0 Å². The van der Waals surface area contributed by atoms with Gasteiger partial charge in [0.1, 0.15) is 0 Å². The number of hydrogen-bond donors (Lipinski definition) is 2. The van der Waals surface area contributed by atoms with E-state index in [1.807, 2.05) is 14.0 Å². The van der Waals surface area contributed by atoms with E-state index >= 15 is 0 Å². The zero-order valence-electron chi connectivity index (χ0n) is 15.1. The van der Waals surface area contributed by atoms with Gasteiger partial charge in [-0.2, -0.15) is 0 Å². The molecule has 23 heavy (non-hydrogen) atoms. The highest BCUT2D eigenvalue weighted by Crippen LogP contribution is 2.12. The highest BCUT2D eigenvalue weighted by molar-refractivity contribution is 14.0. The van der Waals surface area contributed by atoms with E-state index in [9.17, 15) is 0 Å². The van der Waals surface area contributed by atoms with Gasteiger partial charge in [-0.1, -0.05) is 13.8 Å². The van der Waals surface area contributed by atoms with Crippen molar-refractivity contribution in [1.82, 2.24) is 15.5 Å². The minimum atomic E-state index is 0. The molecule has 6 nitrogen and oxygen atoms in total. The van der Waals surface area contributed by atoms with E-state index in [1.54, 1.807) is 0 Å². The molecule has 1 fully saturated rings. The zero-order chi connectivity index (χ0) is 16.2. The molecule has 0 aromatic rings. The predicted octanol–water partition coefficient (Wildman–Crippen LogP) is 1.55. The van der Waals surface area contributed by atoms with Crippen molar-refractivity contribution in [2.24, 2.45) is 10.9 Å². The van der Waals surface area contributed by atoms with Gasteiger partial charge in [-0.25, -0.2) is 0 Å². The number of nitrogens with zero attached hydrogens (tertiary/aromatic N) is 2. The van der Waals surface area contributed by atoms with Crippen LogP contribution in [0.15, 0.2) is 4.99 Å². The first kappa shape index (κ1) is 22.9. The Bertz CT molecular complexity index is 310. The van der Waals surface area contributed by atoms with Gasteiger partial charge in [0, 0.05) is 52.5 Å². The van der Waals surface area contributed by atoms with Crippen LogP contribution in [-0.4, -0.2) is 76.6 Å². The Kier molecular flexibility index (Phi) is 14.2. The lowest BCUT2D eigenvalue weighted by molar-refractivity contribution is 0.00752. The van der Waals surface area contributed by atoms with E-state index in [-0.39, 0.29) is 24.0 Å². The second-order valence-corrected chi connectivity index (χ2v) is 5.89. The topological polar surface area (TPSA) is 58.1 Å². The number of guanidine groups is 1. The van der Waals surface area contributed by atoms with Gasteiger partial charge < -0.3 is 20.1 Å². The van der Waals surface area contributed by atoms with Crippen LogP contribution in [0.4, 0.5) is 0 Å². The lowest BCUT2D eigenvalue weighted by Gasteiger charge is -2.37. The van der Waals surface area contributed by atoms with E-state index < -0.39 is 0 Å². The highest BCUT2D eigenvalue weighted by atomic mass is 127. The van der Waals surface area contributed by atoms with Crippen LogP contribution >= 0.6 is 24.0 Å². The van der Waals surface area contributed by atoms with Crippen LogP contribution in [0.1, 0.15) is 27.2 Å². The minimum absolute atomic E-state index is 0. The Labute approximate surface area is 158 Å². The van der Waals surface area contributed by atoms with Gasteiger partial charge >= 0.3 is 0 Å². The summed E-state index contributed by atoms with van der Waals surface area (Å²) < 4.78 is 10.8. The molecule has 0 spiro atoms. The summed E-state index contributed by atoms with van der Waals surface area (Å²) in [4.78, 5) is 6.81. The molecule has 0 aromatic carbocycles. The Balaban J connectivity index is 0.00000484. The monoisotopic (exact) mass is 442 g/mol. The third kappa shape index (κ3) is 9.69. The molecular weight excluding hydrogens is 407 g/mol. The Morgan fingerprint density at radius 2 is 1.96 bits per heavy atom. The van der Waals surface area contributed by atoms with Crippen molar-refractivity contribution < 1.29 is 9.47 Å². The average molecular weight is 442 g/mol. The van der Waals surface area contributed by atoms with Crippen molar-refractivity contribution in [3.8, 4) is 0 Å². The summed E-state index contributed by atoms with van der Waals surface area (Å²) in [5.74, 6) is 1.47. The zero-order valence-corrected chi connectivity index (χ0v) is 17.5. The third-order valence-corrected chi connectivity index (χ3v) is 3.95. The summed E-state index contributed by atoms with van der Waals surface area (Å²) in [5.41, 5.74) is 0. The summed E-state index contributed by atoms with van der Waals surface area (Å²) in [5, 5.41) is 6.80. The summed E-state index contributed by atoms with van der Waals surface area (Å²) in [7, 11) is 1.82. The fourth-order valence-electron chi connectivity index (χ4n) is 2.64. The van der Waals surface area contributed by atoms with Crippen molar-refractivity contribution in [3.05, 3.63) is 0 Å². The number of ether oxygens (including phenoxy) is 2. The van der Waals surface area contributed by atoms with E-state index in [0.29, 0.717) is 12.0 Å². The second-order valence-electron chi connectivity index (χ2n) is 5.89. The standard InChI is InChI=1S/C16H34N4O2.HI/c1-5-21-10-6-7-18-16(17-4)19-13-15(14(2)3)20-8-11-22-12-9-20;/h14-15H,5-13H2,1-4H3,(H2,17,18,19);1H. The largest absolute Gasteiger partial charge is 0.382 e. The lowest BCUT2D eigenvalue weighted by atomic mass is 10.0. The molecular formula is C16H35IN4O2. The first-order chi connectivity index (χ1) is 10.7. The van der Waals surface area contributed by atoms with E-state index in [2.05, 4.69) is 34.4 Å². The molecule has 1 saturated heterocycles. The van der Waals surface area contributed by atoms with E-state index in [1.165, 1.54) is 0 Å². The first-order valence-corrected chi connectivity index (χ1v) is 8.53. The Morgan fingerprint density at radius 1 is 1.26 bits per heavy atom. The molecule has 138 valence electrons. The molecule has 1 unspecified atom stereocenters. The molecule has 0 bridgehead atoms. The molecule has 1 aliphatic rings. The summed E-state index contributed by atoms with van der Waals surface area (Å²) in [6.45, 7) is 13.7. The van der Waals surface area contributed by atoms with Crippen LogP contribution in [0.2, 0.25) is 0 Å². The number of morpholine rings is 1. The fourth-order valence-corrected chi connectivity index (χ4v) is 2.64. The third-order valence-electron chi connectivity index (χ3n) is 3.95. The molecule has 0 amide bonds. The molecule has 2 N–H and O–H groups in total. The quantitative estimate of drug-likeness (QED) is 0.246. The van der Waals surface area contributed by atoms with Crippen LogP contribution < -0.4 is 10.6 Å². The predicted molar refractivity (Wildman–Crippen MR) is 107 cm³/mol. The molecule has 1 rings (SSSR count). The maximum atomic E-state index is 5.45. The van der Waals surface area contributed by atoms with Crippen molar-refractivity contribution >= 4 is 29.9 Å². The minimum Gasteiger partial charge on any atom is -0.382 e. The normalized spacial score (nSPS) is 17.7. The SMILES string of the molecule is CCOCCCNC(=NC)NCC(C(C)C)N1CCOCC1.I. The number of halogens is 1. The lowest BCUT2D eigenvalue weighted by Crippen LogP contribution is -2.52. The van der Waals surface area contributed by atoms with E-state index in [0.717, 1.165) is 65.0 Å². The highest BCUT2D eigenvalue weighted by Gasteiger charge is 2.23. The maximum Gasteiger partial charge on any atom is 0.191 e. The molecule has 0 aliphatic carbocycles. The summed E-state index contributed by atoms with van der Waals surface area (Å²) in [6, 6.07) is 0.505. The van der Waals surface area contributed by atoms with Crippen LogP contribution in [0, 0.1) is 5.92 Å². The molecule has 1 aliphatic heterocycles. The van der Waals surface area contributed by atoms with Gasteiger partial charge in [0.25, 0.3) is 0 Å².